The Bertz CT molecular complexity index is 495. The molecule has 3 nitrogen and oxygen atoms in total. The van der Waals surface area contributed by atoms with Crippen LogP contribution in [0.2, 0.25) is 13.1 Å². The maximum Gasteiger partial charge on any atom is 0.537 e. The monoisotopic (exact) mass is 366 g/mol. The van der Waals surface area contributed by atoms with Crippen LogP contribution >= 0.6 is 0 Å². The number of rotatable bonds is 9. The predicted molar refractivity (Wildman–Crippen MR) is 108 cm³/mol. The lowest BCUT2D eigenvalue weighted by molar-refractivity contribution is 0.0153. The van der Waals surface area contributed by atoms with Crippen molar-refractivity contribution >= 4 is 28.0 Å². The van der Waals surface area contributed by atoms with Crippen molar-refractivity contribution < 1.29 is 13.3 Å². The van der Waals surface area contributed by atoms with Crippen molar-refractivity contribution in [3.05, 3.63) is 36.4 Å². The van der Waals surface area contributed by atoms with Crippen LogP contribution in [0, 0.1) is 0 Å². The third-order valence-electron chi connectivity index (χ3n) is 3.48. The van der Waals surface area contributed by atoms with Gasteiger partial charge >= 0.3 is 8.80 Å². The molecule has 0 bridgehead atoms. The summed E-state index contributed by atoms with van der Waals surface area (Å²) in [7, 11) is -3.86. The number of hydrogen-bond donors (Lipinski definition) is 0. The van der Waals surface area contributed by atoms with Crippen LogP contribution in [0.5, 0.6) is 0 Å². The van der Waals surface area contributed by atoms with Crippen LogP contribution in [-0.4, -0.2) is 35.9 Å². The van der Waals surface area contributed by atoms with E-state index in [4.69, 9.17) is 13.3 Å². The summed E-state index contributed by atoms with van der Waals surface area (Å²) in [5, 5.41) is 2.29. The van der Waals surface area contributed by atoms with Gasteiger partial charge in [-0.25, -0.2) is 0 Å². The van der Waals surface area contributed by atoms with E-state index in [0.29, 0.717) is 0 Å². The Hall–Kier alpha value is -0.726. The van der Waals surface area contributed by atoms with Crippen LogP contribution in [0.15, 0.2) is 30.8 Å². The SMILES string of the molecule is C=C(c1ccc([Si](OC(C)C)(OC(C)C)OC(C)C)cc1)[SiH](C)C. The smallest absolute Gasteiger partial charge is 0.367 e. The first-order valence-electron chi connectivity index (χ1n) is 8.90. The van der Waals surface area contributed by atoms with Gasteiger partial charge in [-0.3, -0.25) is 0 Å². The van der Waals surface area contributed by atoms with Crippen LogP contribution < -0.4 is 5.19 Å². The maximum atomic E-state index is 6.27. The fourth-order valence-electron chi connectivity index (χ4n) is 2.44. The van der Waals surface area contributed by atoms with E-state index < -0.39 is 17.6 Å². The second kappa shape index (κ2) is 9.10. The molecule has 24 heavy (non-hydrogen) atoms. The molecule has 0 heterocycles. The molecule has 0 aliphatic heterocycles. The van der Waals surface area contributed by atoms with Gasteiger partial charge < -0.3 is 13.3 Å². The number of hydrogen-bond acceptors (Lipinski definition) is 3. The van der Waals surface area contributed by atoms with E-state index in [9.17, 15) is 0 Å². The van der Waals surface area contributed by atoms with Crippen LogP contribution in [0.1, 0.15) is 47.1 Å². The van der Waals surface area contributed by atoms with E-state index in [0.717, 1.165) is 5.19 Å². The minimum absolute atomic E-state index is 0.0341. The molecule has 5 heteroatoms. The van der Waals surface area contributed by atoms with Crippen molar-refractivity contribution in [3.8, 4) is 0 Å². The van der Waals surface area contributed by atoms with Crippen molar-refractivity contribution in [2.24, 2.45) is 0 Å². The van der Waals surface area contributed by atoms with E-state index in [1.165, 1.54) is 10.8 Å². The van der Waals surface area contributed by atoms with Crippen LogP contribution in [0.4, 0.5) is 0 Å². The Morgan fingerprint density at radius 2 is 1.21 bits per heavy atom. The predicted octanol–water partition coefficient (Wildman–Crippen LogP) is 4.15. The molecule has 0 saturated heterocycles. The highest BCUT2D eigenvalue weighted by atomic mass is 28.4. The van der Waals surface area contributed by atoms with Crippen LogP contribution in [0.3, 0.4) is 0 Å². The molecule has 0 radical (unpaired) electrons. The highest BCUT2D eigenvalue weighted by Gasteiger charge is 2.46. The van der Waals surface area contributed by atoms with Gasteiger partial charge in [0.1, 0.15) is 0 Å². The second-order valence-corrected chi connectivity index (χ2v) is 12.7. The first-order valence-corrected chi connectivity index (χ1v) is 13.5. The molecule has 1 aromatic carbocycles. The van der Waals surface area contributed by atoms with Gasteiger partial charge in [0.05, 0.1) is 8.80 Å². The maximum absolute atomic E-state index is 6.27. The van der Waals surface area contributed by atoms with Crippen molar-refractivity contribution in [2.75, 3.05) is 0 Å². The minimum Gasteiger partial charge on any atom is -0.367 e. The van der Waals surface area contributed by atoms with Crippen LogP contribution in [0.25, 0.3) is 5.20 Å². The Kier molecular flexibility index (Phi) is 8.09. The lowest BCUT2D eigenvalue weighted by Crippen LogP contribution is -2.60. The summed E-state index contributed by atoms with van der Waals surface area (Å²) in [5.74, 6) is 0. The first-order chi connectivity index (χ1) is 11.1. The third-order valence-corrected chi connectivity index (χ3v) is 8.59. The van der Waals surface area contributed by atoms with Gasteiger partial charge in [0.2, 0.25) is 0 Å². The fraction of sp³-hybridized carbons (Fsp3) is 0.579. The quantitative estimate of drug-likeness (QED) is 0.615. The standard InChI is InChI=1S/C19H34O3Si2/c1-14(2)20-24(21-15(3)4,22-16(5)6)19-12-10-18(11-13-19)17(7)23(8)9/h10-16,23H,7H2,1-6,8-9H3. The third kappa shape index (κ3) is 5.97. The van der Waals surface area contributed by atoms with Crippen molar-refractivity contribution in [2.45, 2.75) is 72.9 Å². The zero-order valence-corrected chi connectivity index (χ0v) is 18.7. The summed E-state index contributed by atoms with van der Waals surface area (Å²) in [6, 6.07) is 8.44. The Morgan fingerprint density at radius 3 is 1.50 bits per heavy atom. The molecule has 1 aromatic rings. The van der Waals surface area contributed by atoms with Crippen LogP contribution in [-0.2, 0) is 13.3 Å². The summed E-state index contributed by atoms with van der Waals surface area (Å²) in [4.78, 5) is 0. The molecule has 136 valence electrons. The molecule has 0 fully saturated rings. The van der Waals surface area contributed by atoms with Crippen molar-refractivity contribution in [1.29, 1.82) is 0 Å². The largest absolute Gasteiger partial charge is 0.537 e. The highest BCUT2D eigenvalue weighted by Crippen LogP contribution is 2.20. The highest BCUT2D eigenvalue weighted by molar-refractivity contribution is 6.77. The fourth-order valence-corrected chi connectivity index (χ4v) is 6.31. The average Bonchev–Trinajstić information content (AvgIpc) is 2.44. The topological polar surface area (TPSA) is 27.7 Å². The molecular weight excluding hydrogens is 332 g/mol. The van der Waals surface area contributed by atoms with Gasteiger partial charge in [0, 0.05) is 23.5 Å². The van der Waals surface area contributed by atoms with E-state index in [1.807, 2.05) is 41.5 Å². The molecule has 0 aromatic heterocycles. The Balaban J connectivity index is 3.28. The Labute approximate surface area is 151 Å². The summed E-state index contributed by atoms with van der Waals surface area (Å²) in [5.41, 5.74) is 1.21. The van der Waals surface area contributed by atoms with Gasteiger partial charge in [-0.2, -0.15) is 0 Å². The van der Waals surface area contributed by atoms with E-state index in [-0.39, 0.29) is 18.3 Å². The van der Waals surface area contributed by atoms with Crippen molar-refractivity contribution in [3.63, 3.8) is 0 Å². The molecule has 0 N–H and O–H groups in total. The molecule has 0 aliphatic rings. The van der Waals surface area contributed by atoms with E-state index in [2.05, 4.69) is 43.9 Å². The van der Waals surface area contributed by atoms with Gasteiger partial charge in [0.15, 0.2) is 0 Å². The molecule has 0 atom stereocenters. The van der Waals surface area contributed by atoms with Gasteiger partial charge in [-0.1, -0.05) is 49.1 Å². The molecular formula is C19H34O3Si2. The van der Waals surface area contributed by atoms with Gasteiger partial charge in [0.25, 0.3) is 0 Å². The lowest BCUT2D eigenvalue weighted by Gasteiger charge is -2.34. The summed E-state index contributed by atoms with van der Waals surface area (Å²) >= 11 is 0. The lowest BCUT2D eigenvalue weighted by atomic mass is 10.2. The normalized spacial score (nSPS) is 12.7. The Morgan fingerprint density at radius 1 is 0.833 bits per heavy atom. The molecule has 0 amide bonds. The molecule has 0 aliphatic carbocycles. The second-order valence-electron chi connectivity index (χ2n) is 7.31. The van der Waals surface area contributed by atoms with Gasteiger partial charge in [-0.05, 0) is 47.1 Å². The molecule has 0 saturated carbocycles. The average molecular weight is 367 g/mol. The zero-order valence-electron chi connectivity index (χ0n) is 16.6. The molecule has 0 unspecified atom stereocenters. The van der Waals surface area contributed by atoms with E-state index >= 15 is 0 Å². The molecule has 0 spiro atoms. The van der Waals surface area contributed by atoms with Gasteiger partial charge in [-0.15, -0.1) is 0 Å². The van der Waals surface area contributed by atoms with E-state index in [1.54, 1.807) is 0 Å². The minimum atomic E-state index is -2.96. The molecule has 1 rings (SSSR count). The van der Waals surface area contributed by atoms with Crippen molar-refractivity contribution in [1.82, 2.24) is 0 Å². The summed E-state index contributed by atoms with van der Waals surface area (Å²) in [6.07, 6.45) is 0.102. The summed E-state index contributed by atoms with van der Waals surface area (Å²) in [6.45, 7) is 21.0. The summed E-state index contributed by atoms with van der Waals surface area (Å²) < 4.78 is 18.8. The zero-order chi connectivity index (χ0) is 18.5. The number of benzene rings is 1. The first kappa shape index (κ1) is 21.3.